The van der Waals surface area contributed by atoms with Crippen molar-refractivity contribution < 1.29 is 9.18 Å². The van der Waals surface area contributed by atoms with E-state index < -0.39 is 0 Å². The monoisotopic (exact) mass is 522 g/mol. The molecule has 0 radical (unpaired) electrons. The van der Waals surface area contributed by atoms with Crippen LogP contribution >= 0.6 is 23.5 Å². The molecule has 3 aromatic carbocycles. The predicted octanol–water partition coefficient (Wildman–Crippen LogP) is 6.74. The number of nitrogens with zero attached hydrogens (tertiary/aromatic N) is 2. The van der Waals surface area contributed by atoms with Gasteiger partial charge in [-0.25, -0.2) is 4.39 Å². The van der Waals surface area contributed by atoms with Crippen LogP contribution in [0.3, 0.4) is 0 Å². The fourth-order valence-electron chi connectivity index (χ4n) is 5.59. The highest BCUT2D eigenvalue weighted by Crippen LogP contribution is 2.30. The molecule has 0 saturated carbocycles. The van der Waals surface area contributed by atoms with E-state index in [1.54, 1.807) is 12.1 Å². The van der Waals surface area contributed by atoms with E-state index in [0.29, 0.717) is 11.8 Å². The molecule has 3 saturated heterocycles. The number of hydrogen-bond donors (Lipinski definition) is 0. The fourth-order valence-corrected chi connectivity index (χ4v) is 7.95. The highest BCUT2D eigenvalue weighted by Gasteiger charge is 2.30. The summed E-state index contributed by atoms with van der Waals surface area (Å²) in [6.45, 7) is 4.92. The number of rotatable bonds is 4. The van der Waals surface area contributed by atoms with Gasteiger partial charge in [-0.05, 0) is 78.7 Å². The van der Waals surface area contributed by atoms with Crippen LogP contribution < -0.4 is 0 Å². The molecule has 0 N–H and O–H groups in total. The van der Waals surface area contributed by atoms with Crippen molar-refractivity contribution in [2.45, 2.75) is 25.2 Å². The van der Waals surface area contributed by atoms with Crippen LogP contribution in [0.4, 0.5) is 4.39 Å². The lowest BCUT2D eigenvalue weighted by atomic mass is 9.89. The van der Waals surface area contributed by atoms with Gasteiger partial charge in [-0.3, -0.25) is 4.79 Å². The average molecular weight is 523 g/mol. The van der Waals surface area contributed by atoms with Gasteiger partial charge in [-0.1, -0.05) is 48.5 Å². The lowest BCUT2D eigenvalue weighted by molar-refractivity contribution is 0.0784. The average Bonchev–Trinajstić information content (AvgIpc) is 3.65. The van der Waals surface area contributed by atoms with E-state index in [0.717, 1.165) is 68.3 Å². The van der Waals surface area contributed by atoms with Crippen molar-refractivity contribution in [3.8, 4) is 0 Å². The van der Waals surface area contributed by atoms with E-state index >= 15 is 0 Å². The molecular weight excluding hydrogens is 487 g/mol. The molecule has 1 amide bonds. The first kappa shape index (κ1) is 25.6. The molecule has 0 spiro atoms. The van der Waals surface area contributed by atoms with E-state index in [1.807, 2.05) is 70.9 Å². The molecular formula is C30H35FN2OS2. The minimum absolute atomic E-state index is 0.161. The number of carbonyl (C=O) groups is 1. The van der Waals surface area contributed by atoms with Crippen LogP contribution in [0.2, 0.25) is 0 Å². The number of carbonyl (C=O) groups excluding carboxylic acids is 1. The number of fused-ring (bicyclic) bond motifs is 1. The number of hydrogen-bond acceptors (Lipinski definition) is 4. The normalized spacial score (nSPS) is 20.9. The van der Waals surface area contributed by atoms with Crippen molar-refractivity contribution in [1.82, 2.24) is 9.80 Å². The van der Waals surface area contributed by atoms with Gasteiger partial charge in [0.1, 0.15) is 5.82 Å². The van der Waals surface area contributed by atoms with Gasteiger partial charge in [0.15, 0.2) is 0 Å². The summed E-state index contributed by atoms with van der Waals surface area (Å²) in [7, 11) is 0. The Morgan fingerprint density at radius 2 is 1.58 bits per heavy atom. The van der Waals surface area contributed by atoms with Gasteiger partial charge in [0.05, 0.1) is 0 Å². The summed E-state index contributed by atoms with van der Waals surface area (Å²) >= 11 is 4.07. The van der Waals surface area contributed by atoms with Crippen LogP contribution in [-0.2, 0) is 0 Å². The molecule has 3 aromatic rings. The van der Waals surface area contributed by atoms with Gasteiger partial charge < -0.3 is 9.80 Å². The van der Waals surface area contributed by atoms with Crippen LogP contribution in [-0.4, -0.2) is 65.0 Å². The molecule has 3 fully saturated rings. The molecule has 6 heteroatoms. The Morgan fingerprint density at radius 1 is 0.861 bits per heavy atom. The van der Waals surface area contributed by atoms with Gasteiger partial charge >= 0.3 is 0 Å². The van der Waals surface area contributed by atoms with Crippen LogP contribution in [0.15, 0.2) is 66.7 Å². The Hall–Kier alpha value is -2.02. The Kier molecular flexibility index (Phi) is 8.88. The zero-order valence-electron chi connectivity index (χ0n) is 20.8. The third-order valence-electron chi connectivity index (χ3n) is 7.58. The molecule has 3 aliphatic rings. The standard InChI is InChI=1S/C27H29FN2O.C3H6S2/c28-24-10-8-21(9-11-24)22-13-15-29(16-14-22)18-20-12-17-30(19-20)27(31)26-7-3-5-23-4-1-2-6-25(23)26;1-2-5-3-4-1/h1-11,20,22H,12-19H2;1-3H2/t20-;/m1./s1. The zero-order chi connectivity index (χ0) is 24.7. The van der Waals surface area contributed by atoms with Crippen molar-refractivity contribution in [1.29, 1.82) is 0 Å². The molecule has 0 aliphatic carbocycles. The van der Waals surface area contributed by atoms with Crippen molar-refractivity contribution in [3.05, 3.63) is 83.7 Å². The SMILES string of the molecule is C1CSCS1.O=C(c1cccc2ccccc12)N1CC[C@H](CN2CCC(c3ccc(F)cc3)CC2)C1. The molecule has 3 heterocycles. The molecule has 190 valence electrons. The maximum absolute atomic E-state index is 13.2. The molecule has 0 bridgehead atoms. The quantitative estimate of drug-likeness (QED) is 0.378. The number of amides is 1. The second kappa shape index (κ2) is 12.5. The van der Waals surface area contributed by atoms with Crippen LogP contribution in [0.1, 0.15) is 41.1 Å². The summed E-state index contributed by atoms with van der Waals surface area (Å²) in [6.07, 6.45) is 3.32. The highest BCUT2D eigenvalue weighted by molar-refractivity contribution is 8.19. The van der Waals surface area contributed by atoms with Gasteiger partial charge in [0.25, 0.3) is 5.91 Å². The highest BCUT2D eigenvalue weighted by atomic mass is 32.2. The van der Waals surface area contributed by atoms with Gasteiger partial charge in [-0.15, -0.1) is 0 Å². The number of halogens is 1. The van der Waals surface area contributed by atoms with E-state index in [1.165, 1.54) is 22.2 Å². The van der Waals surface area contributed by atoms with E-state index in [-0.39, 0.29) is 11.7 Å². The number of thioether (sulfide) groups is 2. The topological polar surface area (TPSA) is 23.6 Å². The second-order valence-electron chi connectivity index (χ2n) is 9.99. The van der Waals surface area contributed by atoms with Crippen molar-refractivity contribution >= 4 is 40.2 Å². The van der Waals surface area contributed by atoms with E-state index in [2.05, 4.69) is 17.0 Å². The Bertz CT molecular complexity index is 1130. The summed E-state index contributed by atoms with van der Waals surface area (Å²) in [4.78, 5) is 17.8. The predicted molar refractivity (Wildman–Crippen MR) is 153 cm³/mol. The second-order valence-corrected chi connectivity index (χ2v) is 12.6. The molecule has 3 nitrogen and oxygen atoms in total. The smallest absolute Gasteiger partial charge is 0.254 e. The van der Waals surface area contributed by atoms with Crippen molar-refractivity contribution in [2.24, 2.45) is 5.92 Å². The molecule has 1 atom stereocenters. The molecule has 0 unspecified atom stereocenters. The maximum Gasteiger partial charge on any atom is 0.254 e. The maximum atomic E-state index is 13.2. The number of benzene rings is 3. The molecule has 0 aromatic heterocycles. The summed E-state index contributed by atoms with van der Waals surface area (Å²) in [5.41, 5.74) is 2.08. The van der Waals surface area contributed by atoms with Gasteiger partial charge in [-0.2, -0.15) is 23.5 Å². The number of likely N-dealkylation sites (tertiary alicyclic amines) is 2. The lowest BCUT2D eigenvalue weighted by Gasteiger charge is -2.33. The molecule has 3 aliphatic heterocycles. The van der Waals surface area contributed by atoms with Crippen molar-refractivity contribution in [2.75, 3.05) is 49.3 Å². The van der Waals surface area contributed by atoms with E-state index in [9.17, 15) is 9.18 Å². The summed E-state index contributed by atoms with van der Waals surface area (Å²) in [6, 6.07) is 21.1. The summed E-state index contributed by atoms with van der Waals surface area (Å²) in [5.74, 6) is 3.83. The molecule has 36 heavy (non-hydrogen) atoms. The first-order valence-corrected chi connectivity index (χ1v) is 15.4. The van der Waals surface area contributed by atoms with Crippen LogP contribution in [0.25, 0.3) is 10.8 Å². The minimum Gasteiger partial charge on any atom is -0.338 e. The van der Waals surface area contributed by atoms with E-state index in [4.69, 9.17) is 0 Å². The van der Waals surface area contributed by atoms with Crippen LogP contribution in [0, 0.1) is 11.7 Å². The summed E-state index contributed by atoms with van der Waals surface area (Å²) < 4.78 is 13.2. The number of piperidine rings is 1. The third kappa shape index (κ3) is 6.45. The Morgan fingerprint density at radius 3 is 2.31 bits per heavy atom. The zero-order valence-corrected chi connectivity index (χ0v) is 22.4. The Balaban J connectivity index is 0.000000477. The largest absolute Gasteiger partial charge is 0.338 e. The summed E-state index contributed by atoms with van der Waals surface area (Å²) in [5, 5.41) is 3.49. The fraction of sp³-hybridized carbons (Fsp3) is 0.433. The van der Waals surface area contributed by atoms with Gasteiger partial charge in [0, 0.05) is 41.8 Å². The van der Waals surface area contributed by atoms with Crippen molar-refractivity contribution in [3.63, 3.8) is 0 Å². The molecule has 6 rings (SSSR count). The van der Waals surface area contributed by atoms with Gasteiger partial charge in [0.2, 0.25) is 0 Å². The van der Waals surface area contributed by atoms with Crippen LogP contribution in [0.5, 0.6) is 0 Å². The third-order valence-corrected chi connectivity index (χ3v) is 10.2. The first-order valence-electron chi connectivity index (χ1n) is 13.1. The minimum atomic E-state index is -0.162. The Labute approximate surface area is 222 Å². The first-order chi connectivity index (χ1) is 17.7. The lowest BCUT2D eigenvalue weighted by Crippen LogP contribution is -2.37.